The average Bonchev–Trinajstić information content (AvgIpc) is 2.82. The minimum atomic E-state index is -0.00114. The molecule has 6 heteroatoms. The molecule has 0 heterocycles. The van der Waals surface area contributed by atoms with Gasteiger partial charge >= 0.3 is 0 Å². The van der Waals surface area contributed by atoms with Gasteiger partial charge in [-0.25, -0.2) is 4.99 Å². The zero-order valence-corrected chi connectivity index (χ0v) is 16.4. The first-order valence-corrected chi connectivity index (χ1v) is 9.07. The van der Waals surface area contributed by atoms with Crippen LogP contribution in [0.2, 0.25) is 0 Å². The lowest BCUT2D eigenvalue weighted by atomic mass is 10.1. The third-order valence-corrected chi connectivity index (χ3v) is 3.77. The van der Waals surface area contributed by atoms with Crippen LogP contribution in [0.4, 0.5) is 11.4 Å². The fourth-order valence-corrected chi connectivity index (χ4v) is 2.31. The van der Waals surface area contributed by atoms with Crippen LogP contribution in [0.25, 0.3) is 0 Å². The van der Waals surface area contributed by atoms with Crippen molar-refractivity contribution in [1.82, 2.24) is 0 Å². The highest BCUT2D eigenvalue weighted by molar-refractivity contribution is 6.15. The smallest absolute Gasteiger partial charge is 0.158 e. The number of nitriles is 4. The normalized spacial score (nSPS) is 12.4. The van der Waals surface area contributed by atoms with Gasteiger partial charge in [-0.15, -0.1) is 0 Å². The highest BCUT2D eigenvalue weighted by atomic mass is 14.9. The number of hydrogen-bond acceptors (Lipinski definition) is 6. The van der Waals surface area contributed by atoms with E-state index < -0.39 is 0 Å². The van der Waals surface area contributed by atoms with Crippen molar-refractivity contribution in [2.45, 2.75) is 0 Å². The molecule has 0 aromatic heterocycles. The molecule has 146 valence electrons. The summed E-state index contributed by atoms with van der Waals surface area (Å²) in [6.45, 7) is 0. The van der Waals surface area contributed by atoms with Crippen molar-refractivity contribution in [3.05, 3.63) is 108 Å². The van der Waals surface area contributed by atoms with Crippen LogP contribution in [0.5, 0.6) is 0 Å². The molecule has 0 fully saturated rings. The second-order valence-electron chi connectivity index (χ2n) is 5.85. The maximum Gasteiger partial charge on any atom is 0.158 e. The van der Waals surface area contributed by atoms with Crippen LogP contribution >= 0.6 is 0 Å². The van der Waals surface area contributed by atoms with Crippen LogP contribution in [0.15, 0.2) is 113 Å². The molecule has 0 aliphatic carbocycles. The van der Waals surface area contributed by atoms with E-state index in [1.165, 1.54) is 12.2 Å². The van der Waals surface area contributed by atoms with Crippen LogP contribution < -0.4 is 5.32 Å². The largest absolute Gasteiger partial charge is 0.346 e. The Balaban J connectivity index is 2.18. The van der Waals surface area contributed by atoms with Gasteiger partial charge in [0, 0.05) is 5.69 Å². The van der Waals surface area contributed by atoms with Crippen LogP contribution in [0, 0.1) is 45.3 Å². The van der Waals surface area contributed by atoms with E-state index in [-0.39, 0.29) is 22.6 Å². The van der Waals surface area contributed by atoms with E-state index in [4.69, 9.17) is 0 Å². The Hall–Kier alpha value is -5.17. The van der Waals surface area contributed by atoms with Gasteiger partial charge in [0.25, 0.3) is 0 Å². The van der Waals surface area contributed by atoms with E-state index in [0.717, 1.165) is 0 Å². The number of para-hydroxylation sites is 2. The van der Waals surface area contributed by atoms with E-state index in [1.54, 1.807) is 54.6 Å². The molecule has 0 spiro atoms. The van der Waals surface area contributed by atoms with Crippen molar-refractivity contribution in [2.75, 3.05) is 5.32 Å². The first-order chi connectivity index (χ1) is 15.2. The summed E-state index contributed by atoms with van der Waals surface area (Å²) < 4.78 is 0. The fraction of sp³-hybridized carbons (Fsp3) is 0. The molecule has 0 atom stereocenters. The molecule has 6 nitrogen and oxygen atoms in total. The number of nitrogens with one attached hydrogen (secondary N) is 1. The standard InChI is InChI=1S/C25H16N6/c26-16-20(24(18-28)30-22-12-6-2-7-13-22)10-4-1-5-11-21(17-27)25(19-29)31-23-14-8-3-9-15-23/h1-15,30H/b5-1?,10-4?,21-11+,24-20-,31-25+. The summed E-state index contributed by atoms with van der Waals surface area (Å²) in [6.07, 6.45) is 7.64. The lowest BCUT2D eigenvalue weighted by molar-refractivity contribution is 1.38. The number of nitrogens with zero attached hydrogens (tertiary/aromatic N) is 5. The maximum absolute atomic E-state index is 9.35. The SMILES string of the molecule is N#CC(=C\C=CC=C/C(C#N)=C(\C#N)Nc1ccccc1)/C(C#N)=N/c1ccccc1. The molecule has 0 aliphatic heterocycles. The molecule has 2 rings (SSSR count). The van der Waals surface area contributed by atoms with Crippen molar-refractivity contribution < 1.29 is 0 Å². The van der Waals surface area contributed by atoms with Gasteiger partial charge in [-0.3, -0.25) is 0 Å². The van der Waals surface area contributed by atoms with Crippen LogP contribution in [0.1, 0.15) is 0 Å². The number of rotatable bonds is 7. The van der Waals surface area contributed by atoms with Crippen molar-refractivity contribution >= 4 is 17.1 Å². The summed E-state index contributed by atoms with van der Waals surface area (Å²) >= 11 is 0. The molecular weight excluding hydrogens is 384 g/mol. The van der Waals surface area contributed by atoms with E-state index in [9.17, 15) is 21.0 Å². The van der Waals surface area contributed by atoms with Gasteiger partial charge in [-0.05, 0) is 36.4 Å². The van der Waals surface area contributed by atoms with Crippen LogP contribution in [0.3, 0.4) is 0 Å². The Morgan fingerprint density at radius 2 is 1.42 bits per heavy atom. The van der Waals surface area contributed by atoms with Crippen molar-refractivity contribution in [3.8, 4) is 24.3 Å². The molecule has 0 amide bonds. The first kappa shape index (κ1) is 22.1. The van der Waals surface area contributed by atoms with Gasteiger partial charge < -0.3 is 5.32 Å². The Labute approximate surface area is 180 Å². The monoisotopic (exact) mass is 400 g/mol. The average molecular weight is 400 g/mol. The number of anilines is 1. The lowest BCUT2D eigenvalue weighted by Crippen LogP contribution is -1.99. The van der Waals surface area contributed by atoms with E-state index in [1.807, 2.05) is 48.5 Å². The topological polar surface area (TPSA) is 120 Å². The predicted octanol–water partition coefficient (Wildman–Crippen LogP) is 5.26. The van der Waals surface area contributed by atoms with Crippen LogP contribution in [-0.2, 0) is 0 Å². The zero-order chi connectivity index (χ0) is 22.3. The number of benzene rings is 2. The molecule has 0 aliphatic rings. The van der Waals surface area contributed by atoms with Gasteiger partial charge in [0.1, 0.15) is 30.0 Å². The Morgan fingerprint density at radius 3 is 2.00 bits per heavy atom. The third-order valence-electron chi connectivity index (χ3n) is 3.77. The minimum absolute atomic E-state index is 0.00114. The van der Waals surface area contributed by atoms with Gasteiger partial charge in [0.05, 0.1) is 16.8 Å². The molecule has 31 heavy (non-hydrogen) atoms. The Morgan fingerprint density at radius 1 is 0.742 bits per heavy atom. The summed E-state index contributed by atoms with van der Waals surface area (Å²) in [5.74, 6) is 0. The molecular formula is C25H16N6. The first-order valence-electron chi connectivity index (χ1n) is 9.07. The van der Waals surface area contributed by atoms with Crippen molar-refractivity contribution in [3.63, 3.8) is 0 Å². The number of allylic oxidation sites excluding steroid dienone is 8. The van der Waals surface area contributed by atoms with Gasteiger partial charge in [-0.2, -0.15) is 21.0 Å². The highest BCUT2D eigenvalue weighted by Crippen LogP contribution is 2.13. The highest BCUT2D eigenvalue weighted by Gasteiger charge is 2.05. The minimum Gasteiger partial charge on any atom is -0.346 e. The molecule has 0 radical (unpaired) electrons. The molecule has 0 unspecified atom stereocenters. The number of hydrogen-bond donors (Lipinski definition) is 1. The summed E-state index contributed by atoms with van der Waals surface area (Å²) in [5.41, 5.74) is 1.65. The molecule has 0 saturated heterocycles. The summed E-state index contributed by atoms with van der Waals surface area (Å²) in [7, 11) is 0. The second-order valence-corrected chi connectivity index (χ2v) is 5.85. The molecule has 2 aromatic carbocycles. The molecule has 2 aromatic rings. The van der Waals surface area contributed by atoms with Crippen LogP contribution in [-0.4, -0.2) is 5.71 Å². The van der Waals surface area contributed by atoms with E-state index in [0.29, 0.717) is 11.4 Å². The summed E-state index contributed by atoms with van der Waals surface area (Å²) in [4.78, 5) is 4.18. The number of aliphatic imine (C=N–C) groups is 1. The van der Waals surface area contributed by atoms with Gasteiger partial charge in [0.2, 0.25) is 0 Å². The third kappa shape index (κ3) is 7.05. The quantitative estimate of drug-likeness (QED) is 0.386. The Kier molecular flexibility index (Phi) is 8.79. The summed E-state index contributed by atoms with van der Waals surface area (Å²) in [6, 6.07) is 25.8. The predicted molar refractivity (Wildman–Crippen MR) is 119 cm³/mol. The van der Waals surface area contributed by atoms with Gasteiger partial charge in [-0.1, -0.05) is 54.6 Å². The fourth-order valence-electron chi connectivity index (χ4n) is 2.31. The van der Waals surface area contributed by atoms with E-state index >= 15 is 0 Å². The zero-order valence-electron chi connectivity index (χ0n) is 16.4. The van der Waals surface area contributed by atoms with Gasteiger partial charge in [0.15, 0.2) is 5.71 Å². The van der Waals surface area contributed by atoms with E-state index in [2.05, 4.69) is 10.3 Å². The lowest BCUT2D eigenvalue weighted by Gasteiger charge is -2.04. The van der Waals surface area contributed by atoms with Crippen molar-refractivity contribution in [2.24, 2.45) is 4.99 Å². The van der Waals surface area contributed by atoms with Crippen molar-refractivity contribution in [1.29, 1.82) is 21.0 Å². The second kappa shape index (κ2) is 12.3. The molecule has 0 saturated carbocycles. The molecule has 1 N–H and O–H groups in total. The maximum atomic E-state index is 9.35. The molecule has 0 bridgehead atoms. The summed E-state index contributed by atoms with van der Waals surface area (Å²) in [5, 5.41) is 40.3. The Bertz CT molecular complexity index is 1220.